The second-order valence-corrected chi connectivity index (χ2v) is 7.86. The van der Waals surface area contributed by atoms with Gasteiger partial charge in [-0.3, -0.25) is 4.79 Å². The Morgan fingerprint density at radius 3 is 2.74 bits per heavy atom. The average Bonchev–Trinajstić information content (AvgIpc) is 2.55. The Morgan fingerprint density at radius 1 is 1.22 bits per heavy atom. The lowest BCUT2D eigenvalue weighted by molar-refractivity contribution is -0.902. The fourth-order valence-corrected chi connectivity index (χ4v) is 4.60. The van der Waals surface area contributed by atoms with Crippen LogP contribution in [0, 0.1) is 18.8 Å². The standard InChI is InChI=1S/C18H24Cl2N2O/c1-12-6-7-15(19)18(17(12)20)21-16(23)11-22-9-8-13-4-2-3-5-14(13)10-22/h6-7,13-14H,2-5,8-11H2,1H3,(H,21,23)/p+1/t13-,14+/m0/s1. The zero-order chi connectivity index (χ0) is 16.4. The van der Waals surface area contributed by atoms with E-state index in [0.717, 1.165) is 30.5 Å². The molecule has 3 atom stereocenters. The number of hydrogen-bond donors (Lipinski definition) is 2. The van der Waals surface area contributed by atoms with E-state index >= 15 is 0 Å². The van der Waals surface area contributed by atoms with Crippen molar-refractivity contribution < 1.29 is 9.69 Å². The first-order valence-corrected chi connectivity index (χ1v) is 9.38. The van der Waals surface area contributed by atoms with Crippen LogP contribution in [-0.2, 0) is 4.79 Å². The van der Waals surface area contributed by atoms with E-state index in [-0.39, 0.29) is 5.91 Å². The minimum absolute atomic E-state index is 0.00339. The molecule has 1 aromatic rings. The number of benzene rings is 1. The zero-order valence-corrected chi connectivity index (χ0v) is 15.1. The molecule has 1 aliphatic carbocycles. The second kappa shape index (κ2) is 7.42. The Kier molecular flexibility index (Phi) is 5.50. The minimum Gasteiger partial charge on any atom is -0.327 e. The molecule has 1 saturated heterocycles. The number of likely N-dealkylation sites (tertiary alicyclic amines) is 1. The Balaban J connectivity index is 1.59. The summed E-state index contributed by atoms with van der Waals surface area (Å²) in [5, 5.41) is 3.94. The van der Waals surface area contributed by atoms with Gasteiger partial charge < -0.3 is 10.2 Å². The Labute approximate surface area is 148 Å². The number of amides is 1. The van der Waals surface area contributed by atoms with Crippen LogP contribution in [0.4, 0.5) is 5.69 Å². The predicted octanol–water partition coefficient (Wildman–Crippen LogP) is 3.34. The number of rotatable bonds is 3. The summed E-state index contributed by atoms with van der Waals surface area (Å²) in [5.41, 5.74) is 1.46. The molecule has 2 aliphatic rings. The molecule has 2 fully saturated rings. The van der Waals surface area contributed by atoms with Crippen molar-refractivity contribution in [3.63, 3.8) is 0 Å². The SMILES string of the molecule is Cc1ccc(Cl)c(NC(=O)C[NH+]2CC[C@@H]3CCCC[C@@H]3C2)c1Cl. The van der Waals surface area contributed by atoms with E-state index in [1.165, 1.54) is 37.0 Å². The van der Waals surface area contributed by atoms with Gasteiger partial charge in [-0.05, 0) is 43.7 Å². The third-order valence-electron chi connectivity index (χ3n) is 5.45. The van der Waals surface area contributed by atoms with E-state index in [9.17, 15) is 4.79 Å². The molecule has 1 heterocycles. The first-order chi connectivity index (χ1) is 11.0. The molecule has 5 heteroatoms. The molecule has 2 N–H and O–H groups in total. The van der Waals surface area contributed by atoms with Gasteiger partial charge in [-0.15, -0.1) is 0 Å². The van der Waals surface area contributed by atoms with Crippen molar-refractivity contribution in [3.8, 4) is 0 Å². The van der Waals surface area contributed by atoms with Crippen molar-refractivity contribution in [1.29, 1.82) is 0 Å². The molecule has 3 rings (SSSR count). The van der Waals surface area contributed by atoms with Gasteiger partial charge in [0.05, 0.1) is 28.8 Å². The second-order valence-electron chi connectivity index (χ2n) is 7.08. The molecule has 1 aromatic carbocycles. The van der Waals surface area contributed by atoms with Gasteiger partial charge in [0.25, 0.3) is 5.91 Å². The van der Waals surface area contributed by atoms with Crippen LogP contribution < -0.4 is 10.2 Å². The van der Waals surface area contributed by atoms with Gasteiger partial charge in [0.1, 0.15) is 0 Å². The molecule has 0 spiro atoms. The lowest BCUT2D eigenvalue weighted by atomic mass is 9.75. The quantitative estimate of drug-likeness (QED) is 0.856. The molecule has 0 bridgehead atoms. The van der Waals surface area contributed by atoms with Crippen LogP contribution in [0.5, 0.6) is 0 Å². The van der Waals surface area contributed by atoms with Gasteiger partial charge in [-0.25, -0.2) is 0 Å². The number of carbonyl (C=O) groups excluding carboxylic acids is 1. The lowest BCUT2D eigenvalue weighted by Gasteiger charge is -2.38. The van der Waals surface area contributed by atoms with E-state index in [1.54, 1.807) is 6.07 Å². The van der Waals surface area contributed by atoms with E-state index < -0.39 is 0 Å². The summed E-state index contributed by atoms with van der Waals surface area (Å²) < 4.78 is 0. The number of fused-ring (bicyclic) bond motifs is 1. The van der Waals surface area contributed by atoms with Crippen LogP contribution in [0.1, 0.15) is 37.7 Å². The third kappa shape index (κ3) is 4.01. The van der Waals surface area contributed by atoms with Gasteiger partial charge in [-0.2, -0.15) is 0 Å². The van der Waals surface area contributed by atoms with Gasteiger partial charge in [0.2, 0.25) is 0 Å². The largest absolute Gasteiger partial charge is 0.327 e. The molecule has 1 saturated carbocycles. The fraction of sp³-hybridized carbons (Fsp3) is 0.611. The Bertz CT molecular complexity index is 591. The van der Waals surface area contributed by atoms with Gasteiger partial charge in [-0.1, -0.05) is 42.1 Å². The van der Waals surface area contributed by atoms with Crippen molar-refractivity contribution in [3.05, 3.63) is 27.7 Å². The van der Waals surface area contributed by atoms with Crippen LogP contribution in [-0.4, -0.2) is 25.5 Å². The summed E-state index contributed by atoms with van der Waals surface area (Å²) >= 11 is 12.4. The van der Waals surface area contributed by atoms with Gasteiger partial charge in [0.15, 0.2) is 6.54 Å². The number of anilines is 1. The maximum absolute atomic E-state index is 12.4. The van der Waals surface area contributed by atoms with Crippen molar-refractivity contribution in [1.82, 2.24) is 0 Å². The van der Waals surface area contributed by atoms with E-state index in [4.69, 9.17) is 23.2 Å². The molecule has 1 unspecified atom stereocenters. The summed E-state index contributed by atoms with van der Waals surface area (Å²) in [5.74, 6) is 1.71. The third-order valence-corrected chi connectivity index (χ3v) is 6.25. The summed E-state index contributed by atoms with van der Waals surface area (Å²) in [6, 6.07) is 3.64. The Morgan fingerprint density at radius 2 is 1.96 bits per heavy atom. The van der Waals surface area contributed by atoms with E-state index in [0.29, 0.717) is 22.3 Å². The highest BCUT2D eigenvalue weighted by Crippen LogP contribution is 2.33. The Hall–Kier alpha value is -0.770. The number of piperidine rings is 1. The van der Waals surface area contributed by atoms with Crippen LogP contribution in [0.15, 0.2) is 12.1 Å². The molecule has 23 heavy (non-hydrogen) atoms. The highest BCUT2D eigenvalue weighted by atomic mass is 35.5. The van der Waals surface area contributed by atoms with Crippen LogP contribution in [0.25, 0.3) is 0 Å². The van der Waals surface area contributed by atoms with Crippen LogP contribution in [0.2, 0.25) is 10.0 Å². The first-order valence-electron chi connectivity index (χ1n) is 8.62. The molecule has 0 aromatic heterocycles. The van der Waals surface area contributed by atoms with Crippen LogP contribution in [0.3, 0.4) is 0 Å². The smallest absolute Gasteiger partial charge is 0.279 e. The monoisotopic (exact) mass is 355 g/mol. The maximum Gasteiger partial charge on any atom is 0.279 e. The zero-order valence-electron chi connectivity index (χ0n) is 13.6. The molecule has 1 amide bonds. The van der Waals surface area contributed by atoms with E-state index in [2.05, 4.69) is 5.32 Å². The molecule has 0 radical (unpaired) electrons. The summed E-state index contributed by atoms with van der Waals surface area (Å²) in [4.78, 5) is 13.8. The summed E-state index contributed by atoms with van der Waals surface area (Å²) in [6.45, 7) is 4.65. The number of nitrogens with one attached hydrogen (secondary N) is 2. The molecular weight excluding hydrogens is 331 g/mol. The maximum atomic E-state index is 12.4. The van der Waals surface area contributed by atoms with E-state index in [1.807, 2.05) is 13.0 Å². The van der Waals surface area contributed by atoms with Crippen LogP contribution >= 0.6 is 23.2 Å². The van der Waals surface area contributed by atoms with Crippen molar-refractivity contribution >= 4 is 34.8 Å². The van der Waals surface area contributed by atoms with Crippen molar-refractivity contribution in [2.24, 2.45) is 11.8 Å². The minimum atomic E-state index is 0.00339. The highest BCUT2D eigenvalue weighted by Gasteiger charge is 2.34. The van der Waals surface area contributed by atoms with Crippen molar-refractivity contribution in [2.45, 2.75) is 39.0 Å². The topological polar surface area (TPSA) is 33.5 Å². The summed E-state index contributed by atoms with van der Waals surface area (Å²) in [7, 11) is 0. The van der Waals surface area contributed by atoms with Crippen molar-refractivity contribution in [2.75, 3.05) is 25.0 Å². The molecule has 1 aliphatic heterocycles. The molecule has 126 valence electrons. The average molecular weight is 356 g/mol. The fourth-order valence-electron chi connectivity index (χ4n) is 4.14. The number of aryl methyl sites for hydroxylation is 1. The summed E-state index contributed by atoms with van der Waals surface area (Å²) in [6.07, 6.45) is 6.74. The van der Waals surface area contributed by atoms with Gasteiger partial charge >= 0.3 is 0 Å². The number of hydrogen-bond acceptors (Lipinski definition) is 1. The first kappa shape index (κ1) is 17.1. The number of halogens is 2. The molecule has 3 nitrogen and oxygen atoms in total. The highest BCUT2D eigenvalue weighted by molar-refractivity contribution is 6.40. The lowest BCUT2D eigenvalue weighted by Crippen LogP contribution is -3.15. The normalized spacial score (nSPS) is 27.3. The van der Waals surface area contributed by atoms with Gasteiger partial charge in [0, 0.05) is 5.92 Å². The molecular formula is C18H25Cl2N2O+. The number of carbonyl (C=O) groups is 1. The predicted molar refractivity (Wildman–Crippen MR) is 95.5 cm³/mol. The number of quaternary nitrogens is 1.